The number of benzene rings is 1. The summed E-state index contributed by atoms with van der Waals surface area (Å²) in [7, 11) is 0. The number of anilines is 1. The van der Waals surface area contributed by atoms with Crippen molar-refractivity contribution < 1.29 is 19.4 Å². The number of hydrogen-bond acceptors (Lipinski definition) is 3. The second-order valence-electron chi connectivity index (χ2n) is 5.06. The summed E-state index contributed by atoms with van der Waals surface area (Å²) in [6.45, 7) is 1.83. The fraction of sp³-hybridized carbons (Fsp3) is 0.429. The van der Waals surface area contributed by atoms with Crippen molar-refractivity contribution in [2.75, 3.05) is 24.7 Å². The number of nitrogens with zero attached hydrogens (tertiary/aromatic N) is 1. The molecule has 1 atom stereocenters. The van der Waals surface area contributed by atoms with Crippen LogP contribution in [0.15, 0.2) is 18.2 Å². The maximum atomic E-state index is 12.2. The smallest absolute Gasteiger partial charge is 0.335 e. The lowest BCUT2D eigenvalue weighted by Gasteiger charge is -2.20. The average molecular weight is 276 g/mol. The molecule has 0 aromatic heterocycles. The van der Waals surface area contributed by atoms with Gasteiger partial charge >= 0.3 is 12.0 Å². The summed E-state index contributed by atoms with van der Waals surface area (Å²) < 4.78 is 5.23. The molecule has 1 unspecified atom stereocenters. The minimum absolute atomic E-state index is 0.0739. The molecule has 2 aliphatic rings. The molecule has 1 aromatic rings. The van der Waals surface area contributed by atoms with Gasteiger partial charge < -0.3 is 15.2 Å². The zero-order valence-corrected chi connectivity index (χ0v) is 11.0. The molecule has 2 N–H and O–H groups in total. The average Bonchev–Trinajstić information content (AvgIpc) is 3.06. The highest BCUT2D eigenvalue weighted by Gasteiger charge is 2.27. The first-order valence-corrected chi connectivity index (χ1v) is 6.67. The van der Waals surface area contributed by atoms with Crippen molar-refractivity contribution in [2.24, 2.45) is 0 Å². The molecule has 106 valence electrons. The number of carboxylic acid groups (broad SMARTS) is 1. The summed E-state index contributed by atoms with van der Waals surface area (Å²) in [6, 6.07) is 4.82. The van der Waals surface area contributed by atoms with Crippen molar-refractivity contribution >= 4 is 17.7 Å². The molecule has 2 amide bonds. The Morgan fingerprint density at radius 3 is 2.95 bits per heavy atom. The van der Waals surface area contributed by atoms with E-state index in [0.29, 0.717) is 26.2 Å². The van der Waals surface area contributed by atoms with Crippen LogP contribution in [0.3, 0.4) is 0 Å². The number of nitrogens with one attached hydrogen (secondary N) is 1. The Morgan fingerprint density at radius 2 is 2.25 bits per heavy atom. The van der Waals surface area contributed by atoms with Gasteiger partial charge in [0.2, 0.25) is 0 Å². The number of rotatable bonds is 2. The fourth-order valence-corrected chi connectivity index (χ4v) is 2.65. The summed E-state index contributed by atoms with van der Waals surface area (Å²) >= 11 is 0. The summed E-state index contributed by atoms with van der Waals surface area (Å²) in [4.78, 5) is 24.8. The SMILES string of the molecule is O=C(O)c1ccc2c(c1)CCN2C(=O)NC1CCOC1. The standard InChI is InChI=1S/C14H16N2O4/c17-13(18)10-1-2-12-9(7-10)3-5-16(12)14(19)15-11-4-6-20-8-11/h1-2,7,11H,3-6,8H2,(H,15,19)(H,17,18). The highest BCUT2D eigenvalue weighted by Crippen LogP contribution is 2.29. The van der Waals surface area contributed by atoms with Crippen LogP contribution in [0.25, 0.3) is 0 Å². The monoisotopic (exact) mass is 276 g/mol. The highest BCUT2D eigenvalue weighted by molar-refractivity contribution is 5.96. The van der Waals surface area contributed by atoms with Crippen molar-refractivity contribution in [2.45, 2.75) is 18.9 Å². The molecule has 20 heavy (non-hydrogen) atoms. The van der Waals surface area contributed by atoms with E-state index in [1.54, 1.807) is 17.0 Å². The number of hydrogen-bond donors (Lipinski definition) is 2. The van der Waals surface area contributed by atoms with Gasteiger partial charge in [-0.2, -0.15) is 0 Å². The predicted molar refractivity (Wildman–Crippen MR) is 72.2 cm³/mol. The first-order valence-electron chi connectivity index (χ1n) is 6.67. The van der Waals surface area contributed by atoms with E-state index in [1.807, 2.05) is 0 Å². The summed E-state index contributed by atoms with van der Waals surface area (Å²) in [5.74, 6) is -0.946. The maximum absolute atomic E-state index is 12.2. The Labute approximate surface area is 116 Å². The zero-order valence-electron chi connectivity index (χ0n) is 11.0. The number of carbonyl (C=O) groups excluding carboxylic acids is 1. The summed E-state index contributed by atoms with van der Waals surface area (Å²) in [5.41, 5.74) is 1.96. The second kappa shape index (κ2) is 5.13. The molecule has 2 aliphatic heterocycles. The molecule has 6 nitrogen and oxygen atoms in total. The highest BCUT2D eigenvalue weighted by atomic mass is 16.5. The summed E-state index contributed by atoms with van der Waals surface area (Å²) in [5, 5.41) is 11.9. The minimum Gasteiger partial charge on any atom is -0.478 e. The van der Waals surface area contributed by atoms with E-state index >= 15 is 0 Å². The van der Waals surface area contributed by atoms with Gasteiger partial charge in [0.25, 0.3) is 0 Å². The van der Waals surface area contributed by atoms with E-state index in [9.17, 15) is 9.59 Å². The first-order chi connectivity index (χ1) is 9.65. The Kier molecular flexibility index (Phi) is 3.31. The topological polar surface area (TPSA) is 78.9 Å². The van der Waals surface area contributed by atoms with Crippen LogP contribution < -0.4 is 10.2 Å². The molecule has 0 bridgehead atoms. The van der Waals surface area contributed by atoms with Gasteiger partial charge in [0, 0.05) is 18.8 Å². The Bertz CT molecular complexity index is 552. The molecular weight excluding hydrogens is 260 g/mol. The van der Waals surface area contributed by atoms with Crippen LogP contribution in [0.5, 0.6) is 0 Å². The minimum atomic E-state index is -0.946. The molecule has 1 saturated heterocycles. The number of fused-ring (bicyclic) bond motifs is 1. The van der Waals surface area contributed by atoms with Crippen LogP contribution >= 0.6 is 0 Å². The van der Waals surface area contributed by atoms with Gasteiger partial charge in [-0.25, -0.2) is 9.59 Å². The van der Waals surface area contributed by atoms with Gasteiger partial charge in [-0.15, -0.1) is 0 Å². The van der Waals surface area contributed by atoms with E-state index in [-0.39, 0.29) is 17.6 Å². The van der Waals surface area contributed by atoms with Gasteiger partial charge in [-0.1, -0.05) is 0 Å². The number of urea groups is 1. The van der Waals surface area contributed by atoms with Crippen LogP contribution in [-0.2, 0) is 11.2 Å². The van der Waals surface area contributed by atoms with Crippen molar-refractivity contribution in [3.8, 4) is 0 Å². The molecule has 3 rings (SSSR count). The van der Waals surface area contributed by atoms with Crippen LogP contribution in [0.2, 0.25) is 0 Å². The normalized spacial score (nSPS) is 20.8. The predicted octanol–water partition coefficient (Wildman–Crippen LogP) is 1.25. The van der Waals surface area contributed by atoms with Gasteiger partial charge in [-0.05, 0) is 36.6 Å². The third-order valence-corrected chi connectivity index (χ3v) is 3.72. The van der Waals surface area contributed by atoms with Gasteiger partial charge in [-0.3, -0.25) is 4.90 Å². The van der Waals surface area contributed by atoms with E-state index in [1.165, 1.54) is 6.07 Å². The van der Waals surface area contributed by atoms with Crippen LogP contribution in [0.1, 0.15) is 22.3 Å². The molecule has 1 fully saturated rings. The first kappa shape index (κ1) is 12.9. The lowest BCUT2D eigenvalue weighted by atomic mass is 10.1. The Morgan fingerprint density at radius 1 is 1.40 bits per heavy atom. The van der Waals surface area contributed by atoms with Crippen LogP contribution in [0.4, 0.5) is 10.5 Å². The summed E-state index contributed by atoms with van der Waals surface area (Å²) in [6.07, 6.45) is 1.52. The van der Waals surface area contributed by atoms with E-state index < -0.39 is 5.97 Å². The van der Waals surface area contributed by atoms with Crippen molar-refractivity contribution in [3.05, 3.63) is 29.3 Å². The maximum Gasteiger partial charge on any atom is 0.335 e. The largest absolute Gasteiger partial charge is 0.478 e. The Balaban J connectivity index is 1.75. The fourth-order valence-electron chi connectivity index (χ4n) is 2.65. The lowest BCUT2D eigenvalue weighted by Crippen LogP contribution is -2.44. The van der Waals surface area contributed by atoms with Crippen LogP contribution in [0, 0.1) is 0 Å². The molecule has 6 heteroatoms. The molecule has 0 saturated carbocycles. The van der Waals surface area contributed by atoms with Crippen molar-refractivity contribution in [1.82, 2.24) is 5.32 Å². The van der Waals surface area contributed by atoms with E-state index in [4.69, 9.17) is 9.84 Å². The molecule has 1 aromatic carbocycles. The van der Waals surface area contributed by atoms with Crippen LogP contribution in [-0.4, -0.2) is 42.9 Å². The third kappa shape index (κ3) is 2.34. The third-order valence-electron chi connectivity index (χ3n) is 3.72. The number of aromatic carboxylic acids is 1. The second-order valence-corrected chi connectivity index (χ2v) is 5.06. The van der Waals surface area contributed by atoms with Gasteiger partial charge in [0.15, 0.2) is 0 Å². The number of carbonyl (C=O) groups is 2. The van der Waals surface area contributed by atoms with Crippen molar-refractivity contribution in [3.63, 3.8) is 0 Å². The van der Waals surface area contributed by atoms with Gasteiger partial charge in [0.05, 0.1) is 18.2 Å². The van der Waals surface area contributed by atoms with E-state index in [2.05, 4.69) is 5.32 Å². The molecule has 0 radical (unpaired) electrons. The molecule has 0 aliphatic carbocycles. The quantitative estimate of drug-likeness (QED) is 0.852. The number of ether oxygens (including phenoxy) is 1. The Hall–Kier alpha value is -2.08. The molecule has 2 heterocycles. The number of amides is 2. The molecule has 0 spiro atoms. The van der Waals surface area contributed by atoms with E-state index in [0.717, 1.165) is 17.7 Å². The zero-order chi connectivity index (χ0) is 14.1. The lowest BCUT2D eigenvalue weighted by molar-refractivity contribution is 0.0697. The van der Waals surface area contributed by atoms with Crippen molar-refractivity contribution in [1.29, 1.82) is 0 Å². The van der Waals surface area contributed by atoms with Gasteiger partial charge in [0.1, 0.15) is 0 Å². The number of carboxylic acids is 1. The molecular formula is C14H16N2O4.